The molecule has 4 nitrogen and oxygen atoms in total. The number of hydrogen-bond donors (Lipinski definition) is 1. The minimum Gasteiger partial charge on any atom is -0.495 e. The molecule has 2 unspecified atom stereocenters. The highest BCUT2D eigenvalue weighted by Crippen LogP contribution is 2.37. The normalized spacial score (nSPS) is 25.6. The Morgan fingerprint density at radius 3 is 2.90 bits per heavy atom. The molecule has 108 valence electrons. The molecular weight excluding hydrogens is 252 g/mol. The summed E-state index contributed by atoms with van der Waals surface area (Å²) in [4.78, 5) is 2.19. The van der Waals surface area contributed by atoms with Gasteiger partial charge in [0.05, 0.1) is 24.3 Å². The largest absolute Gasteiger partial charge is 0.495 e. The predicted molar refractivity (Wildman–Crippen MR) is 79.0 cm³/mol. The first kappa shape index (κ1) is 14.7. The molecule has 1 fully saturated rings. The van der Waals surface area contributed by atoms with Crippen molar-refractivity contribution in [1.82, 2.24) is 0 Å². The summed E-state index contributed by atoms with van der Waals surface area (Å²) >= 11 is 0. The van der Waals surface area contributed by atoms with Gasteiger partial charge in [-0.25, -0.2) is 0 Å². The van der Waals surface area contributed by atoms with E-state index in [1.54, 1.807) is 13.2 Å². The zero-order valence-electron chi connectivity index (χ0n) is 12.4. The third-order valence-electron chi connectivity index (χ3n) is 4.35. The number of aliphatic hydroxyl groups is 1. The van der Waals surface area contributed by atoms with Crippen LogP contribution in [-0.4, -0.2) is 30.4 Å². The highest BCUT2D eigenvalue weighted by atomic mass is 16.5. The zero-order chi connectivity index (χ0) is 14.8. The van der Waals surface area contributed by atoms with Crippen molar-refractivity contribution in [3.63, 3.8) is 0 Å². The minimum atomic E-state index is -0.615. The number of rotatable bonds is 4. The number of hydrogen-bond acceptors (Lipinski definition) is 4. The van der Waals surface area contributed by atoms with Gasteiger partial charge in [0.1, 0.15) is 11.8 Å². The summed E-state index contributed by atoms with van der Waals surface area (Å²) in [6, 6.07) is 7.77. The van der Waals surface area contributed by atoms with Crippen molar-refractivity contribution in [1.29, 1.82) is 5.26 Å². The van der Waals surface area contributed by atoms with Gasteiger partial charge in [-0.15, -0.1) is 0 Å². The summed E-state index contributed by atoms with van der Waals surface area (Å²) in [5.74, 6) is 0.586. The quantitative estimate of drug-likeness (QED) is 0.917. The second-order valence-corrected chi connectivity index (χ2v) is 5.47. The van der Waals surface area contributed by atoms with Crippen LogP contribution in [0.2, 0.25) is 0 Å². The Morgan fingerprint density at radius 1 is 1.55 bits per heavy atom. The lowest BCUT2D eigenvalue weighted by Gasteiger charge is -2.32. The number of ether oxygens (including phenoxy) is 1. The van der Waals surface area contributed by atoms with Crippen molar-refractivity contribution in [2.24, 2.45) is 0 Å². The molecule has 1 aliphatic heterocycles. The van der Waals surface area contributed by atoms with Gasteiger partial charge < -0.3 is 14.7 Å². The molecular formula is C16H22N2O2. The van der Waals surface area contributed by atoms with Gasteiger partial charge in [-0.05, 0) is 31.9 Å². The van der Waals surface area contributed by atoms with Crippen LogP contribution in [0.5, 0.6) is 5.75 Å². The summed E-state index contributed by atoms with van der Waals surface area (Å²) in [6.45, 7) is 4.98. The summed E-state index contributed by atoms with van der Waals surface area (Å²) in [5, 5.41) is 19.7. The maximum atomic E-state index is 10.7. The van der Waals surface area contributed by atoms with Gasteiger partial charge in [0.25, 0.3) is 0 Å². The van der Waals surface area contributed by atoms with Gasteiger partial charge in [0, 0.05) is 18.3 Å². The number of benzene rings is 1. The van der Waals surface area contributed by atoms with Crippen LogP contribution in [0.25, 0.3) is 0 Å². The Hall–Kier alpha value is -1.73. The molecule has 2 rings (SSSR count). The third kappa shape index (κ3) is 2.46. The second kappa shape index (κ2) is 5.72. The lowest BCUT2D eigenvalue weighted by atomic mass is 9.90. The van der Waals surface area contributed by atoms with Crippen molar-refractivity contribution in [3.8, 4) is 11.8 Å². The molecule has 20 heavy (non-hydrogen) atoms. The van der Waals surface area contributed by atoms with Crippen molar-refractivity contribution in [3.05, 3.63) is 23.8 Å². The van der Waals surface area contributed by atoms with E-state index >= 15 is 0 Å². The van der Waals surface area contributed by atoms with Gasteiger partial charge >= 0.3 is 0 Å². The summed E-state index contributed by atoms with van der Waals surface area (Å²) in [7, 11) is 1.57. The van der Waals surface area contributed by atoms with E-state index < -0.39 is 5.60 Å². The van der Waals surface area contributed by atoms with Gasteiger partial charge in [-0.1, -0.05) is 13.3 Å². The van der Waals surface area contributed by atoms with E-state index in [0.29, 0.717) is 11.3 Å². The molecule has 4 heteroatoms. The Morgan fingerprint density at radius 2 is 2.30 bits per heavy atom. The highest BCUT2D eigenvalue weighted by Gasteiger charge is 2.42. The number of anilines is 1. The molecule has 1 aromatic rings. The molecule has 1 saturated heterocycles. The summed E-state index contributed by atoms with van der Waals surface area (Å²) in [5.41, 5.74) is 0.919. The first-order valence-electron chi connectivity index (χ1n) is 7.13. The van der Waals surface area contributed by atoms with E-state index in [2.05, 4.69) is 24.8 Å². The Kier molecular flexibility index (Phi) is 4.20. The molecule has 0 spiro atoms. The van der Waals surface area contributed by atoms with Crippen LogP contribution in [0.3, 0.4) is 0 Å². The van der Waals surface area contributed by atoms with Crippen LogP contribution in [0.1, 0.15) is 38.7 Å². The van der Waals surface area contributed by atoms with Crippen molar-refractivity contribution < 1.29 is 9.84 Å². The fraction of sp³-hybridized carbons (Fsp3) is 0.562. The van der Waals surface area contributed by atoms with E-state index in [0.717, 1.165) is 31.5 Å². The average molecular weight is 274 g/mol. The van der Waals surface area contributed by atoms with Gasteiger partial charge in [0.2, 0.25) is 0 Å². The maximum absolute atomic E-state index is 10.7. The van der Waals surface area contributed by atoms with E-state index in [4.69, 9.17) is 10.00 Å². The molecule has 0 radical (unpaired) electrons. The van der Waals surface area contributed by atoms with Crippen molar-refractivity contribution in [2.75, 3.05) is 18.6 Å². The number of nitrogens with zero attached hydrogens (tertiary/aromatic N) is 2. The predicted octanol–water partition coefficient (Wildman–Crippen LogP) is 2.70. The topological polar surface area (TPSA) is 56.5 Å². The number of methoxy groups -OCH3 is 1. The first-order chi connectivity index (χ1) is 9.55. The Bertz CT molecular complexity index is 524. The van der Waals surface area contributed by atoms with Crippen LogP contribution in [0, 0.1) is 11.3 Å². The maximum Gasteiger partial charge on any atom is 0.138 e. The molecule has 0 saturated carbocycles. The van der Waals surface area contributed by atoms with E-state index in [-0.39, 0.29) is 6.04 Å². The van der Waals surface area contributed by atoms with E-state index in [1.165, 1.54) is 0 Å². The van der Waals surface area contributed by atoms with Gasteiger partial charge in [-0.3, -0.25) is 0 Å². The molecule has 0 amide bonds. The second-order valence-electron chi connectivity index (χ2n) is 5.47. The average Bonchev–Trinajstić information content (AvgIpc) is 2.75. The Balaban J connectivity index is 2.28. The van der Waals surface area contributed by atoms with E-state index in [9.17, 15) is 5.11 Å². The van der Waals surface area contributed by atoms with Crippen LogP contribution >= 0.6 is 0 Å². The third-order valence-corrected chi connectivity index (χ3v) is 4.35. The molecule has 0 aliphatic carbocycles. The molecule has 1 aliphatic rings. The SMILES string of the molecule is CCCC1(O)CCN(c2ccc(C#N)c(OC)c2)C1C. The van der Waals surface area contributed by atoms with Crippen LogP contribution in [0.4, 0.5) is 5.69 Å². The number of nitriles is 1. The minimum absolute atomic E-state index is 0.0695. The zero-order valence-corrected chi connectivity index (χ0v) is 12.4. The molecule has 1 heterocycles. The lowest BCUT2D eigenvalue weighted by Crippen LogP contribution is -2.42. The van der Waals surface area contributed by atoms with Crippen molar-refractivity contribution >= 4 is 5.69 Å². The Labute approximate surface area is 120 Å². The summed E-state index contributed by atoms with van der Waals surface area (Å²) < 4.78 is 5.26. The van der Waals surface area contributed by atoms with Crippen LogP contribution in [-0.2, 0) is 0 Å². The fourth-order valence-corrected chi connectivity index (χ4v) is 3.08. The smallest absolute Gasteiger partial charge is 0.138 e. The molecule has 0 bridgehead atoms. The van der Waals surface area contributed by atoms with Crippen LogP contribution in [0.15, 0.2) is 18.2 Å². The lowest BCUT2D eigenvalue weighted by molar-refractivity contribution is 0.0273. The molecule has 2 atom stereocenters. The summed E-state index contributed by atoms with van der Waals surface area (Å²) in [6.07, 6.45) is 2.58. The van der Waals surface area contributed by atoms with E-state index in [1.807, 2.05) is 12.1 Å². The molecule has 1 N–H and O–H groups in total. The molecule has 0 aromatic heterocycles. The van der Waals surface area contributed by atoms with Gasteiger partial charge in [0.15, 0.2) is 0 Å². The monoisotopic (exact) mass is 274 g/mol. The highest BCUT2D eigenvalue weighted by molar-refractivity contribution is 5.58. The standard InChI is InChI=1S/C16H22N2O2/c1-4-7-16(19)8-9-18(12(16)2)14-6-5-13(11-17)15(10-14)20-3/h5-6,10,12,19H,4,7-9H2,1-3H3. The van der Waals surface area contributed by atoms with Gasteiger partial charge in [-0.2, -0.15) is 5.26 Å². The molecule has 1 aromatic carbocycles. The van der Waals surface area contributed by atoms with Crippen LogP contribution < -0.4 is 9.64 Å². The first-order valence-corrected chi connectivity index (χ1v) is 7.13. The fourth-order valence-electron chi connectivity index (χ4n) is 3.08. The van der Waals surface area contributed by atoms with Crippen molar-refractivity contribution in [2.45, 2.75) is 44.8 Å².